The third-order valence-corrected chi connectivity index (χ3v) is 5.62. The zero-order valence-electron chi connectivity index (χ0n) is 16.3. The Morgan fingerprint density at radius 3 is 2.61 bits per heavy atom. The Balaban J connectivity index is 1.45. The van der Waals surface area contributed by atoms with Crippen LogP contribution < -0.4 is 5.32 Å². The number of carbonyl (C=O) groups is 1. The topological polar surface area (TPSA) is 57.8 Å². The van der Waals surface area contributed by atoms with Gasteiger partial charge in [-0.05, 0) is 43.7 Å². The van der Waals surface area contributed by atoms with Crippen LogP contribution in [0.5, 0.6) is 0 Å². The number of aromatic nitrogens is 2. The minimum absolute atomic E-state index is 0.00953. The molecule has 4 heteroatoms. The van der Waals surface area contributed by atoms with E-state index in [0.29, 0.717) is 0 Å². The number of rotatable bonds is 6. The predicted octanol–water partition coefficient (Wildman–Crippen LogP) is 4.31. The highest BCUT2D eigenvalue weighted by atomic mass is 16.1. The normalized spacial score (nSPS) is 17.0. The van der Waals surface area contributed by atoms with Gasteiger partial charge in [0, 0.05) is 18.0 Å². The molecule has 0 aliphatic heterocycles. The third kappa shape index (κ3) is 4.33. The first-order chi connectivity index (χ1) is 13.7. The van der Waals surface area contributed by atoms with Gasteiger partial charge in [0.1, 0.15) is 5.82 Å². The van der Waals surface area contributed by atoms with Crippen LogP contribution in [0.15, 0.2) is 60.7 Å². The smallest absolute Gasteiger partial charge is 0.223 e. The highest BCUT2D eigenvalue weighted by Crippen LogP contribution is 2.26. The summed E-state index contributed by atoms with van der Waals surface area (Å²) in [6, 6.07) is 20.8. The van der Waals surface area contributed by atoms with E-state index in [2.05, 4.69) is 51.7 Å². The Morgan fingerprint density at radius 2 is 1.86 bits per heavy atom. The van der Waals surface area contributed by atoms with Gasteiger partial charge in [-0.1, -0.05) is 60.7 Å². The summed E-state index contributed by atoms with van der Waals surface area (Å²) in [6.07, 6.45) is 4.32. The standard InChI is InChI=1S/C24H27N3O/c1-17-25-22-15-13-20(16-23(22)26-17)24(28)27-21(19-10-6-3-7-11-19)14-12-18-8-4-2-5-9-18/h2-11,20-21H,12-16H2,1H3,(H,25,26)(H,27,28)/t20-,21+/m0/s1. The summed E-state index contributed by atoms with van der Waals surface area (Å²) in [5.74, 6) is 1.10. The predicted molar refractivity (Wildman–Crippen MR) is 111 cm³/mol. The zero-order valence-corrected chi connectivity index (χ0v) is 16.3. The van der Waals surface area contributed by atoms with E-state index in [1.807, 2.05) is 31.2 Å². The number of carbonyl (C=O) groups excluding carboxylic acids is 1. The Bertz CT molecular complexity index is 918. The van der Waals surface area contributed by atoms with Gasteiger partial charge in [-0.2, -0.15) is 0 Å². The molecule has 2 atom stereocenters. The molecule has 0 spiro atoms. The van der Waals surface area contributed by atoms with E-state index < -0.39 is 0 Å². The minimum Gasteiger partial charge on any atom is -0.349 e. The van der Waals surface area contributed by atoms with E-state index in [4.69, 9.17) is 0 Å². The van der Waals surface area contributed by atoms with E-state index >= 15 is 0 Å². The van der Waals surface area contributed by atoms with Gasteiger partial charge < -0.3 is 10.3 Å². The summed E-state index contributed by atoms with van der Waals surface area (Å²) >= 11 is 0. The van der Waals surface area contributed by atoms with Crippen molar-refractivity contribution < 1.29 is 4.79 Å². The zero-order chi connectivity index (χ0) is 19.3. The van der Waals surface area contributed by atoms with Crippen LogP contribution in [-0.4, -0.2) is 15.9 Å². The molecule has 2 N–H and O–H groups in total. The van der Waals surface area contributed by atoms with Crippen LogP contribution in [0.3, 0.4) is 0 Å². The van der Waals surface area contributed by atoms with Crippen LogP contribution in [0.1, 0.15) is 47.2 Å². The molecule has 1 aliphatic carbocycles. The maximum atomic E-state index is 13.1. The average Bonchev–Trinajstić information content (AvgIpc) is 3.11. The first kappa shape index (κ1) is 18.5. The van der Waals surface area contributed by atoms with Gasteiger partial charge in [0.2, 0.25) is 5.91 Å². The number of fused-ring (bicyclic) bond motifs is 1. The summed E-state index contributed by atoms with van der Waals surface area (Å²) in [5, 5.41) is 3.34. The van der Waals surface area contributed by atoms with Crippen molar-refractivity contribution in [1.82, 2.24) is 15.3 Å². The molecule has 3 aromatic rings. The molecule has 1 amide bonds. The van der Waals surface area contributed by atoms with Crippen molar-refractivity contribution in [3.63, 3.8) is 0 Å². The lowest BCUT2D eigenvalue weighted by molar-refractivity contribution is -0.126. The first-order valence-electron chi connectivity index (χ1n) is 10.1. The number of imidazole rings is 1. The Morgan fingerprint density at radius 1 is 1.14 bits per heavy atom. The van der Waals surface area contributed by atoms with Crippen LogP contribution in [0.25, 0.3) is 0 Å². The summed E-state index contributed by atoms with van der Waals surface area (Å²) in [7, 11) is 0. The molecule has 0 saturated carbocycles. The SMILES string of the molecule is Cc1nc2c([nH]1)C[C@@H](C(=O)N[C@H](CCc1ccccc1)c1ccccc1)CC2. The van der Waals surface area contributed by atoms with Gasteiger partial charge in [0.05, 0.1) is 11.7 Å². The number of nitrogens with zero attached hydrogens (tertiary/aromatic N) is 1. The van der Waals surface area contributed by atoms with E-state index in [1.54, 1.807) is 0 Å². The van der Waals surface area contributed by atoms with Gasteiger partial charge in [-0.25, -0.2) is 4.98 Å². The fraction of sp³-hybridized carbons (Fsp3) is 0.333. The molecular weight excluding hydrogens is 346 g/mol. The molecule has 0 saturated heterocycles. The summed E-state index contributed by atoms with van der Waals surface area (Å²) in [4.78, 5) is 20.9. The van der Waals surface area contributed by atoms with Crippen molar-refractivity contribution in [2.45, 2.75) is 45.1 Å². The second-order valence-corrected chi connectivity index (χ2v) is 7.68. The van der Waals surface area contributed by atoms with E-state index in [9.17, 15) is 4.79 Å². The van der Waals surface area contributed by atoms with Gasteiger partial charge in [0.15, 0.2) is 0 Å². The van der Waals surface area contributed by atoms with Crippen molar-refractivity contribution in [3.8, 4) is 0 Å². The number of nitrogens with one attached hydrogen (secondary N) is 2. The van der Waals surface area contributed by atoms with Crippen LogP contribution >= 0.6 is 0 Å². The van der Waals surface area contributed by atoms with Crippen LogP contribution in [0.4, 0.5) is 0 Å². The molecule has 4 nitrogen and oxygen atoms in total. The number of amides is 1. The van der Waals surface area contributed by atoms with Crippen molar-refractivity contribution in [2.24, 2.45) is 5.92 Å². The molecule has 144 valence electrons. The quantitative estimate of drug-likeness (QED) is 0.676. The maximum absolute atomic E-state index is 13.1. The monoisotopic (exact) mass is 373 g/mol. The van der Waals surface area contributed by atoms with E-state index in [-0.39, 0.29) is 17.9 Å². The van der Waals surface area contributed by atoms with Gasteiger partial charge >= 0.3 is 0 Å². The molecule has 0 radical (unpaired) electrons. The largest absolute Gasteiger partial charge is 0.349 e. The Labute approximate surface area is 166 Å². The Hall–Kier alpha value is -2.88. The van der Waals surface area contributed by atoms with Gasteiger partial charge in [0.25, 0.3) is 0 Å². The van der Waals surface area contributed by atoms with Crippen LogP contribution in [-0.2, 0) is 24.1 Å². The summed E-state index contributed by atoms with van der Waals surface area (Å²) in [6.45, 7) is 1.97. The third-order valence-electron chi connectivity index (χ3n) is 5.62. The molecule has 1 heterocycles. The fourth-order valence-corrected chi connectivity index (χ4v) is 4.10. The molecule has 0 bridgehead atoms. The molecule has 2 aromatic carbocycles. The van der Waals surface area contributed by atoms with Gasteiger partial charge in [-0.15, -0.1) is 0 Å². The molecule has 28 heavy (non-hydrogen) atoms. The van der Waals surface area contributed by atoms with Crippen molar-refractivity contribution in [3.05, 3.63) is 89.0 Å². The Kier molecular flexibility index (Phi) is 5.56. The lowest BCUT2D eigenvalue weighted by atomic mass is 9.88. The van der Waals surface area contributed by atoms with Crippen molar-refractivity contribution in [2.75, 3.05) is 0 Å². The van der Waals surface area contributed by atoms with Crippen molar-refractivity contribution in [1.29, 1.82) is 0 Å². The highest BCUT2D eigenvalue weighted by Gasteiger charge is 2.28. The van der Waals surface area contributed by atoms with Crippen LogP contribution in [0.2, 0.25) is 0 Å². The summed E-state index contributed by atoms with van der Waals surface area (Å²) < 4.78 is 0. The molecule has 0 fully saturated rings. The second-order valence-electron chi connectivity index (χ2n) is 7.68. The summed E-state index contributed by atoms with van der Waals surface area (Å²) in [5.41, 5.74) is 4.73. The second kappa shape index (κ2) is 8.42. The minimum atomic E-state index is 0.00953. The maximum Gasteiger partial charge on any atom is 0.223 e. The molecular formula is C24H27N3O. The molecule has 0 unspecified atom stereocenters. The van der Waals surface area contributed by atoms with Crippen molar-refractivity contribution >= 4 is 5.91 Å². The van der Waals surface area contributed by atoms with E-state index in [1.165, 1.54) is 11.1 Å². The lowest BCUT2D eigenvalue weighted by Gasteiger charge is -2.25. The van der Waals surface area contributed by atoms with Gasteiger partial charge in [-0.3, -0.25) is 4.79 Å². The molecule has 4 rings (SSSR count). The first-order valence-corrected chi connectivity index (χ1v) is 10.1. The van der Waals surface area contributed by atoms with Crippen LogP contribution in [0, 0.1) is 12.8 Å². The lowest BCUT2D eigenvalue weighted by Crippen LogP contribution is -2.36. The number of aryl methyl sites for hydroxylation is 3. The fourth-order valence-electron chi connectivity index (χ4n) is 4.10. The number of aromatic amines is 1. The van der Waals surface area contributed by atoms with E-state index in [0.717, 1.165) is 49.3 Å². The average molecular weight is 374 g/mol. The number of hydrogen-bond acceptors (Lipinski definition) is 2. The number of benzene rings is 2. The molecule has 1 aliphatic rings. The highest BCUT2D eigenvalue weighted by molar-refractivity contribution is 5.79. The number of hydrogen-bond donors (Lipinski definition) is 2. The molecule has 1 aromatic heterocycles. The number of H-pyrrole nitrogens is 1.